The Morgan fingerprint density at radius 1 is 1.12 bits per heavy atom. The van der Waals surface area contributed by atoms with Gasteiger partial charge >= 0.3 is 0 Å². The number of likely N-dealkylation sites (tertiary alicyclic amines) is 1. The summed E-state index contributed by atoms with van der Waals surface area (Å²) in [5.41, 5.74) is 1.64. The van der Waals surface area contributed by atoms with Crippen LogP contribution in [0.25, 0.3) is 6.08 Å². The molecule has 0 atom stereocenters. The largest absolute Gasteiger partial charge is 0.493 e. The zero-order chi connectivity index (χ0) is 24.2. The van der Waals surface area contributed by atoms with Crippen molar-refractivity contribution in [1.29, 1.82) is 0 Å². The fraction of sp³-hybridized carbons (Fsp3) is 0.292. The van der Waals surface area contributed by atoms with Gasteiger partial charge in [-0.3, -0.25) is 19.3 Å². The van der Waals surface area contributed by atoms with E-state index in [0.29, 0.717) is 45.7 Å². The van der Waals surface area contributed by atoms with E-state index in [1.54, 1.807) is 17.0 Å². The summed E-state index contributed by atoms with van der Waals surface area (Å²) in [5, 5.41) is -0.450. The average Bonchev–Trinajstić information content (AvgIpc) is 3.47. The highest BCUT2D eigenvalue weighted by Crippen LogP contribution is 2.44. The number of carbonyl (C=O) groups is 3. The molecule has 0 aromatic heterocycles. The third-order valence-corrected chi connectivity index (χ3v) is 8.56. The lowest BCUT2D eigenvalue weighted by Gasteiger charge is -2.18. The van der Waals surface area contributed by atoms with Crippen molar-refractivity contribution in [3.05, 3.63) is 61.4 Å². The van der Waals surface area contributed by atoms with Crippen LogP contribution in [0.2, 0.25) is 0 Å². The fourth-order valence-corrected chi connectivity index (χ4v) is 5.48. The van der Waals surface area contributed by atoms with Crippen LogP contribution in [0.5, 0.6) is 11.5 Å². The third kappa shape index (κ3) is 5.34. The van der Waals surface area contributed by atoms with Gasteiger partial charge in [-0.1, -0.05) is 30.3 Å². The third-order valence-electron chi connectivity index (χ3n) is 5.51. The maximum absolute atomic E-state index is 12.9. The van der Waals surface area contributed by atoms with E-state index >= 15 is 0 Å². The molecular formula is C24H22Br2N2O5S. The number of ether oxygens (including phenoxy) is 2. The van der Waals surface area contributed by atoms with Crippen molar-refractivity contribution in [3.63, 3.8) is 0 Å². The Kier molecular flexibility index (Phi) is 8.00. The van der Waals surface area contributed by atoms with Gasteiger partial charge in [0.05, 0.1) is 16.5 Å². The number of rotatable bonds is 7. The summed E-state index contributed by atoms with van der Waals surface area (Å²) in [5.74, 6) is 0.306. The van der Waals surface area contributed by atoms with Crippen LogP contribution >= 0.6 is 43.6 Å². The quantitative estimate of drug-likeness (QED) is 0.388. The van der Waals surface area contributed by atoms with Crippen LogP contribution in [0.3, 0.4) is 0 Å². The maximum atomic E-state index is 12.9. The number of thioether (sulfide) groups is 1. The molecular weight excluding hydrogens is 588 g/mol. The molecule has 34 heavy (non-hydrogen) atoms. The predicted molar refractivity (Wildman–Crippen MR) is 138 cm³/mol. The number of nitrogens with zero attached hydrogens (tertiary/aromatic N) is 2. The van der Waals surface area contributed by atoms with Crippen molar-refractivity contribution >= 4 is 66.8 Å². The van der Waals surface area contributed by atoms with Crippen molar-refractivity contribution in [3.8, 4) is 11.5 Å². The van der Waals surface area contributed by atoms with Crippen LogP contribution in [0.4, 0.5) is 4.79 Å². The predicted octanol–water partition coefficient (Wildman–Crippen LogP) is 5.46. The van der Waals surface area contributed by atoms with Gasteiger partial charge in [-0.15, -0.1) is 0 Å². The fourth-order valence-electron chi connectivity index (χ4n) is 3.70. The Hall–Kier alpha value is -2.30. The molecule has 2 fully saturated rings. The molecule has 0 radical (unpaired) electrons. The first-order valence-corrected chi connectivity index (χ1v) is 13.0. The minimum Gasteiger partial charge on any atom is -0.493 e. The van der Waals surface area contributed by atoms with Gasteiger partial charge in [0.25, 0.3) is 11.1 Å². The smallest absolute Gasteiger partial charge is 0.294 e. The zero-order valence-corrected chi connectivity index (χ0v) is 22.4. The van der Waals surface area contributed by atoms with Crippen LogP contribution in [0.1, 0.15) is 24.0 Å². The first-order valence-electron chi connectivity index (χ1n) is 10.6. The zero-order valence-electron chi connectivity index (χ0n) is 18.4. The number of carbonyl (C=O) groups excluding carboxylic acids is 3. The Morgan fingerprint density at radius 3 is 2.50 bits per heavy atom. The average molecular weight is 610 g/mol. The molecule has 178 valence electrons. The maximum Gasteiger partial charge on any atom is 0.294 e. The SMILES string of the molecule is COc1cc(/C=C2\SC(=O)N(CC(=O)N3CCCC3)C2=O)c(Br)c(Br)c1OCc1ccccc1. The van der Waals surface area contributed by atoms with E-state index in [1.165, 1.54) is 7.11 Å². The molecule has 2 aliphatic heterocycles. The van der Waals surface area contributed by atoms with Crippen LogP contribution in [-0.2, 0) is 16.2 Å². The number of halogens is 2. The molecule has 2 saturated heterocycles. The van der Waals surface area contributed by atoms with Gasteiger partial charge in [0.1, 0.15) is 13.2 Å². The van der Waals surface area contributed by atoms with E-state index in [1.807, 2.05) is 30.3 Å². The van der Waals surface area contributed by atoms with Crippen LogP contribution in [0.15, 0.2) is 50.2 Å². The van der Waals surface area contributed by atoms with Gasteiger partial charge in [-0.25, -0.2) is 0 Å². The van der Waals surface area contributed by atoms with Crippen LogP contribution < -0.4 is 9.47 Å². The number of methoxy groups -OCH3 is 1. The monoisotopic (exact) mass is 608 g/mol. The Morgan fingerprint density at radius 2 is 1.82 bits per heavy atom. The Bertz CT molecular complexity index is 1150. The van der Waals surface area contributed by atoms with Crippen molar-refractivity contribution in [2.75, 3.05) is 26.7 Å². The number of benzene rings is 2. The summed E-state index contributed by atoms with van der Waals surface area (Å²) in [4.78, 5) is 40.8. The molecule has 3 amide bonds. The standard InChI is InChI=1S/C24H22Br2N2O5S/c1-32-17-11-16(20(25)21(26)22(17)33-14-15-7-3-2-4-8-15)12-18-23(30)28(24(31)34-18)13-19(29)27-9-5-6-10-27/h2-4,7-8,11-12H,5-6,9-10,13-14H2,1H3/b18-12-. The van der Waals surface area contributed by atoms with E-state index in [0.717, 1.165) is 35.1 Å². The van der Waals surface area contributed by atoms with Gasteiger partial charge in [0.2, 0.25) is 5.91 Å². The second kappa shape index (κ2) is 11.0. The molecule has 0 unspecified atom stereocenters. The van der Waals surface area contributed by atoms with E-state index < -0.39 is 11.1 Å². The highest BCUT2D eigenvalue weighted by molar-refractivity contribution is 9.13. The number of amides is 3. The summed E-state index contributed by atoms with van der Waals surface area (Å²) in [6.07, 6.45) is 3.51. The van der Waals surface area contributed by atoms with Gasteiger partial charge in [0, 0.05) is 17.6 Å². The number of hydrogen-bond acceptors (Lipinski definition) is 6. The molecule has 2 aromatic rings. The second-order valence-corrected chi connectivity index (χ2v) is 10.3. The van der Waals surface area contributed by atoms with Gasteiger partial charge < -0.3 is 14.4 Å². The molecule has 0 spiro atoms. The minimum atomic E-state index is -0.478. The van der Waals surface area contributed by atoms with Crippen molar-refractivity contribution < 1.29 is 23.9 Å². The van der Waals surface area contributed by atoms with Gasteiger partial charge in [-0.05, 0) is 79.7 Å². The first-order chi connectivity index (χ1) is 16.4. The van der Waals surface area contributed by atoms with Crippen LogP contribution in [0, 0.1) is 0 Å². The summed E-state index contributed by atoms with van der Waals surface area (Å²) in [7, 11) is 1.53. The molecule has 2 aliphatic rings. The second-order valence-electron chi connectivity index (χ2n) is 7.76. The highest BCUT2D eigenvalue weighted by atomic mass is 79.9. The molecule has 0 saturated carbocycles. The van der Waals surface area contributed by atoms with Gasteiger partial charge in [-0.2, -0.15) is 0 Å². The first kappa shape index (κ1) is 24.8. The summed E-state index contributed by atoms with van der Waals surface area (Å²) < 4.78 is 12.8. The Labute approximate surface area is 218 Å². The molecule has 2 heterocycles. The van der Waals surface area contributed by atoms with E-state index in [4.69, 9.17) is 9.47 Å². The molecule has 2 aromatic carbocycles. The number of hydrogen-bond donors (Lipinski definition) is 0. The van der Waals surface area contributed by atoms with E-state index in [9.17, 15) is 14.4 Å². The molecule has 0 N–H and O–H groups in total. The van der Waals surface area contributed by atoms with Crippen LogP contribution in [-0.4, -0.2) is 53.6 Å². The topological polar surface area (TPSA) is 76.2 Å². The van der Waals surface area contributed by atoms with E-state index in [2.05, 4.69) is 31.9 Å². The molecule has 10 heteroatoms. The van der Waals surface area contributed by atoms with Crippen molar-refractivity contribution in [1.82, 2.24) is 9.80 Å². The molecule has 4 rings (SSSR count). The normalized spacial score (nSPS) is 17.1. The molecule has 0 bridgehead atoms. The lowest BCUT2D eigenvalue weighted by atomic mass is 10.1. The molecule has 7 nitrogen and oxygen atoms in total. The summed E-state index contributed by atoms with van der Waals surface area (Å²) in [6.45, 7) is 1.46. The lowest BCUT2D eigenvalue weighted by molar-refractivity contribution is -0.135. The van der Waals surface area contributed by atoms with E-state index in [-0.39, 0.29) is 17.4 Å². The van der Waals surface area contributed by atoms with Crippen molar-refractivity contribution in [2.45, 2.75) is 19.4 Å². The Balaban J connectivity index is 1.54. The number of imide groups is 1. The lowest BCUT2D eigenvalue weighted by Crippen LogP contribution is -2.40. The van der Waals surface area contributed by atoms with Gasteiger partial charge in [0.15, 0.2) is 11.5 Å². The summed E-state index contributed by atoms with van der Waals surface area (Å²) >= 11 is 7.93. The minimum absolute atomic E-state index is 0.202. The molecule has 0 aliphatic carbocycles. The van der Waals surface area contributed by atoms with Crippen molar-refractivity contribution in [2.24, 2.45) is 0 Å². The highest BCUT2D eigenvalue weighted by Gasteiger charge is 2.37. The summed E-state index contributed by atoms with van der Waals surface area (Å²) in [6, 6.07) is 11.5.